The largest absolute Gasteiger partial charge is 0.369 e. The molecule has 2 heterocycles. The van der Waals surface area contributed by atoms with Gasteiger partial charge >= 0.3 is 5.69 Å². The number of rotatable bonds is 1. The quantitative estimate of drug-likeness (QED) is 0.674. The second kappa shape index (κ2) is 3.22. The van der Waals surface area contributed by atoms with Crippen LogP contribution in [0.3, 0.4) is 0 Å². The molecule has 86 valence electrons. The van der Waals surface area contributed by atoms with Gasteiger partial charge in [-0.1, -0.05) is 0 Å². The van der Waals surface area contributed by atoms with Gasteiger partial charge in [0, 0.05) is 20.6 Å². The topological polar surface area (TPSA) is 87.8 Å². The van der Waals surface area contributed by atoms with Crippen LogP contribution in [-0.4, -0.2) is 18.7 Å². The normalized spacial score (nSPS) is 11.2. The molecule has 2 N–H and O–H groups in total. The SMILES string of the molecule is CCn1c(N)nc2c(=O)n(C)c(=O)n(C)c21. The van der Waals surface area contributed by atoms with Crippen LogP contribution in [0.1, 0.15) is 6.92 Å². The number of aromatic nitrogens is 4. The fourth-order valence-corrected chi connectivity index (χ4v) is 1.82. The Balaban J connectivity index is 3.15. The van der Waals surface area contributed by atoms with Crippen LogP contribution < -0.4 is 17.0 Å². The van der Waals surface area contributed by atoms with Gasteiger partial charge < -0.3 is 5.73 Å². The fourth-order valence-electron chi connectivity index (χ4n) is 1.82. The molecule has 0 aromatic carbocycles. The summed E-state index contributed by atoms with van der Waals surface area (Å²) in [5.41, 5.74) is 5.58. The number of fused-ring (bicyclic) bond motifs is 1. The zero-order valence-electron chi connectivity index (χ0n) is 9.39. The van der Waals surface area contributed by atoms with Gasteiger partial charge in [-0.15, -0.1) is 0 Å². The van der Waals surface area contributed by atoms with E-state index in [1.165, 1.54) is 11.6 Å². The van der Waals surface area contributed by atoms with Crippen molar-refractivity contribution in [3.63, 3.8) is 0 Å². The van der Waals surface area contributed by atoms with Gasteiger partial charge in [0.2, 0.25) is 5.95 Å². The molecule has 0 amide bonds. The number of nitrogens with zero attached hydrogens (tertiary/aromatic N) is 4. The van der Waals surface area contributed by atoms with Gasteiger partial charge in [0.1, 0.15) is 0 Å². The Labute approximate surface area is 90.7 Å². The third-order valence-corrected chi connectivity index (χ3v) is 2.69. The molecule has 0 aliphatic heterocycles. The Morgan fingerprint density at radius 2 is 1.88 bits per heavy atom. The maximum absolute atomic E-state index is 11.8. The van der Waals surface area contributed by atoms with Gasteiger partial charge in [0.05, 0.1) is 0 Å². The van der Waals surface area contributed by atoms with Gasteiger partial charge in [-0.05, 0) is 6.92 Å². The molecular formula is C9H13N5O2. The van der Waals surface area contributed by atoms with Crippen LogP contribution in [0.5, 0.6) is 0 Å². The van der Waals surface area contributed by atoms with E-state index in [1.54, 1.807) is 11.6 Å². The first-order valence-electron chi connectivity index (χ1n) is 4.90. The molecule has 0 spiro atoms. The molecule has 7 nitrogen and oxygen atoms in total. The highest BCUT2D eigenvalue weighted by Crippen LogP contribution is 2.11. The van der Waals surface area contributed by atoms with Crippen molar-refractivity contribution in [3.8, 4) is 0 Å². The third-order valence-electron chi connectivity index (χ3n) is 2.69. The van der Waals surface area contributed by atoms with E-state index in [0.717, 1.165) is 4.57 Å². The molecule has 0 aliphatic carbocycles. The maximum atomic E-state index is 11.8. The van der Waals surface area contributed by atoms with Crippen molar-refractivity contribution in [2.75, 3.05) is 5.73 Å². The molecule has 0 bridgehead atoms. The van der Waals surface area contributed by atoms with Crippen LogP contribution in [-0.2, 0) is 20.6 Å². The lowest BCUT2D eigenvalue weighted by Gasteiger charge is -2.06. The summed E-state index contributed by atoms with van der Waals surface area (Å²) in [6.07, 6.45) is 0. The molecule has 2 aromatic rings. The zero-order chi connectivity index (χ0) is 12.0. The van der Waals surface area contributed by atoms with E-state index in [1.807, 2.05) is 6.92 Å². The monoisotopic (exact) mass is 223 g/mol. The Morgan fingerprint density at radius 1 is 1.25 bits per heavy atom. The number of anilines is 1. The van der Waals surface area contributed by atoms with E-state index in [9.17, 15) is 9.59 Å². The van der Waals surface area contributed by atoms with Gasteiger partial charge in [0.15, 0.2) is 11.2 Å². The summed E-state index contributed by atoms with van der Waals surface area (Å²) in [6, 6.07) is 0. The smallest absolute Gasteiger partial charge is 0.332 e. The Morgan fingerprint density at radius 3 is 2.44 bits per heavy atom. The number of imidazole rings is 1. The lowest BCUT2D eigenvalue weighted by molar-refractivity contribution is 0.684. The summed E-state index contributed by atoms with van der Waals surface area (Å²) < 4.78 is 4.04. The van der Waals surface area contributed by atoms with E-state index in [4.69, 9.17) is 5.73 Å². The summed E-state index contributed by atoms with van der Waals surface area (Å²) >= 11 is 0. The highest BCUT2D eigenvalue weighted by molar-refractivity contribution is 5.73. The molecule has 0 atom stereocenters. The highest BCUT2D eigenvalue weighted by atomic mass is 16.2. The number of aryl methyl sites for hydroxylation is 2. The van der Waals surface area contributed by atoms with Gasteiger partial charge in [-0.25, -0.2) is 9.78 Å². The maximum Gasteiger partial charge on any atom is 0.332 e. The number of nitrogens with two attached hydrogens (primary N) is 1. The number of nitrogen functional groups attached to an aromatic ring is 1. The predicted octanol–water partition coefficient (Wildman–Crippen LogP) is -0.964. The van der Waals surface area contributed by atoms with Crippen molar-refractivity contribution in [1.29, 1.82) is 0 Å². The van der Waals surface area contributed by atoms with E-state index >= 15 is 0 Å². The Hall–Kier alpha value is -2.05. The minimum atomic E-state index is -0.419. The van der Waals surface area contributed by atoms with Crippen LogP contribution in [0.25, 0.3) is 11.2 Å². The molecule has 7 heteroatoms. The molecule has 0 aliphatic rings. The molecule has 0 unspecified atom stereocenters. The number of hydrogen-bond acceptors (Lipinski definition) is 4. The molecule has 2 rings (SSSR count). The van der Waals surface area contributed by atoms with Crippen LogP contribution in [0.4, 0.5) is 5.95 Å². The van der Waals surface area contributed by atoms with Crippen LogP contribution in [0.15, 0.2) is 9.59 Å². The average Bonchev–Trinajstić information content (AvgIpc) is 2.60. The van der Waals surface area contributed by atoms with Crippen LogP contribution in [0, 0.1) is 0 Å². The van der Waals surface area contributed by atoms with Crippen molar-refractivity contribution in [2.45, 2.75) is 13.5 Å². The first kappa shape index (κ1) is 10.5. The summed E-state index contributed by atoms with van der Waals surface area (Å²) in [5, 5.41) is 0. The molecule has 0 radical (unpaired) electrons. The van der Waals surface area contributed by atoms with E-state index in [0.29, 0.717) is 12.2 Å². The van der Waals surface area contributed by atoms with E-state index in [2.05, 4.69) is 4.98 Å². The molecular weight excluding hydrogens is 210 g/mol. The van der Waals surface area contributed by atoms with E-state index in [-0.39, 0.29) is 17.2 Å². The molecule has 0 saturated carbocycles. The molecule has 0 saturated heterocycles. The van der Waals surface area contributed by atoms with Crippen molar-refractivity contribution in [1.82, 2.24) is 18.7 Å². The minimum absolute atomic E-state index is 0.226. The average molecular weight is 223 g/mol. The lowest BCUT2D eigenvalue weighted by atomic mass is 10.5. The summed E-state index contributed by atoms with van der Waals surface area (Å²) in [5.74, 6) is 0.246. The summed E-state index contributed by atoms with van der Waals surface area (Å²) in [7, 11) is 3.02. The van der Waals surface area contributed by atoms with Gasteiger partial charge in [0.25, 0.3) is 5.56 Å². The summed E-state index contributed by atoms with van der Waals surface area (Å²) in [4.78, 5) is 27.5. The molecule has 16 heavy (non-hydrogen) atoms. The minimum Gasteiger partial charge on any atom is -0.369 e. The fraction of sp³-hybridized carbons (Fsp3) is 0.444. The van der Waals surface area contributed by atoms with Crippen molar-refractivity contribution < 1.29 is 0 Å². The predicted molar refractivity (Wildman–Crippen MR) is 60.3 cm³/mol. The second-order valence-electron chi connectivity index (χ2n) is 3.59. The lowest BCUT2D eigenvalue weighted by Crippen LogP contribution is -2.37. The van der Waals surface area contributed by atoms with Crippen molar-refractivity contribution in [3.05, 3.63) is 20.8 Å². The van der Waals surface area contributed by atoms with Crippen LogP contribution in [0.2, 0.25) is 0 Å². The summed E-state index contributed by atoms with van der Waals surface area (Å²) in [6.45, 7) is 2.43. The zero-order valence-corrected chi connectivity index (χ0v) is 9.39. The van der Waals surface area contributed by atoms with E-state index < -0.39 is 5.56 Å². The van der Waals surface area contributed by atoms with Gasteiger partial charge in [-0.3, -0.25) is 18.5 Å². The first-order valence-corrected chi connectivity index (χ1v) is 4.90. The van der Waals surface area contributed by atoms with Crippen molar-refractivity contribution >= 4 is 17.1 Å². The molecule has 0 fully saturated rings. The Bertz CT molecular complexity index is 676. The van der Waals surface area contributed by atoms with Crippen molar-refractivity contribution in [2.24, 2.45) is 14.1 Å². The first-order chi connectivity index (χ1) is 7.49. The Kier molecular flexibility index (Phi) is 2.11. The van der Waals surface area contributed by atoms with Gasteiger partial charge in [-0.2, -0.15) is 0 Å². The standard InChI is InChI=1S/C9H13N5O2/c1-4-14-6-5(11-8(14)10)7(15)13(3)9(16)12(6)2/h4H2,1-3H3,(H2,10,11). The number of hydrogen-bond donors (Lipinski definition) is 1. The molecule has 2 aromatic heterocycles. The highest BCUT2D eigenvalue weighted by Gasteiger charge is 2.15. The third kappa shape index (κ3) is 1.11. The van der Waals surface area contributed by atoms with Crippen LogP contribution >= 0.6 is 0 Å². The second-order valence-corrected chi connectivity index (χ2v) is 3.59.